The second kappa shape index (κ2) is 6.13. The van der Waals surface area contributed by atoms with E-state index in [1.807, 2.05) is 23.6 Å². The summed E-state index contributed by atoms with van der Waals surface area (Å²) >= 11 is 1.53. The number of carbonyl (C=O) groups excluding carboxylic acids is 1. The van der Waals surface area contributed by atoms with Crippen molar-refractivity contribution < 1.29 is 14.6 Å². The predicted molar refractivity (Wildman–Crippen MR) is 69.6 cm³/mol. The van der Waals surface area contributed by atoms with Gasteiger partial charge in [-0.1, -0.05) is 12.1 Å². The Hall–Kier alpha value is -1.92. The van der Waals surface area contributed by atoms with Crippen molar-refractivity contribution in [3.8, 4) is 10.6 Å². The highest BCUT2D eigenvalue weighted by atomic mass is 32.1. The Morgan fingerprint density at radius 2 is 2.39 bits per heavy atom. The second-order valence-electron chi connectivity index (χ2n) is 3.40. The Labute approximate surface area is 108 Å². The van der Waals surface area contributed by atoms with Gasteiger partial charge in [0, 0.05) is 22.8 Å². The number of amides is 1. The zero-order valence-electron chi connectivity index (χ0n) is 9.50. The molecule has 18 heavy (non-hydrogen) atoms. The Morgan fingerprint density at radius 1 is 1.50 bits per heavy atom. The normalized spacial score (nSPS) is 10.1. The van der Waals surface area contributed by atoms with Crippen LogP contribution in [0.2, 0.25) is 0 Å². The van der Waals surface area contributed by atoms with Crippen LogP contribution in [0.3, 0.4) is 0 Å². The van der Waals surface area contributed by atoms with Gasteiger partial charge in [-0.25, -0.2) is 9.78 Å². The third-order valence-corrected chi connectivity index (χ3v) is 2.93. The highest BCUT2D eigenvalue weighted by Gasteiger charge is 2.05. The second-order valence-corrected chi connectivity index (χ2v) is 4.30. The first kappa shape index (κ1) is 12.5. The van der Waals surface area contributed by atoms with Crippen LogP contribution in [0.5, 0.6) is 0 Å². The first-order valence-corrected chi connectivity index (χ1v) is 6.22. The van der Waals surface area contributed by atoms with Crippen LogP contribution < -0.4 is 5.32 Å². The highest BCUT2D eigenvalue weighted by molar-refractivity contribution is 7.13. The van der Waals surface area contributed by atoms with Gasteiger partial charge in [-0.2, -0.15) is 0 Å². The number of anilines is 1. The average molecular weight is 264 g/mol. The van der Waals surface area contributed by atoms with Crippen molar-refractivity contribution in [3.63, 3.8) is 0 Å². The van der Waals surface area contributed by atoms with Gasteiger partial charge >= 0.3 is 6.09 Å². The van der Waals surface area contributed by atoms with E-state index in [2.05, 4.69) is 10.3 Å². The number of thiazole rings is 1. The minimum atomic E-state index is -0.583. The largest absolute Gasteiger partial charge is 0.447 e. The van der Waals surface area contributed by atoms with E-state index in [0.29, 0.717) is 5.69 Å². The predicted octanol–water partition coefficient (Wildman–Crippen LogP) is 2.35. The van der Waals surface area contributed by atoms with E-state index in [9.17, 15) is 4.79 Å². The van der Waals surface area contributed by atoms with Gasteiger partial charge in [0.05, 0.1) is 6.61 Å². The van der Waals surface area contributed by atoms with E-state index < -0.39 is 6.09 Å². The molecule has 2 rings (SSSR count). The molecule has 1 amide bonds. The molecule has 0 aliphatic heterocycles. The van der Waals surface area contributed by atoms with Gasteiger partial charge in [-0.05, 0) is 12.1 Å². The molecule has 0 fully saturated rings. The SMILES string of the molecule is O=C(Nc1cccc(-c2nccs2)c1)OCCO. The van der Waals surface area contributed by atoms with E-state index in [-0.39, 0.29) is 13.2 Å². The number of aliphatic hydroxyl groups is 1. The maximum atomic E-state index is 11.3. The number of aliphatic hydroxyl groups excluding tert-OH is 1. The minimum Gasteiger partial charge on any atom is -0.447 e. The summed E-state index contributed by atoms with van der Waals surface area (Å²) in [4.78, 5) is 15.5. The maximum absolute atomic E-state index is 11.3. The first-order chi connectivity index (χ1) is 8.79. The Bertz CT molecular complexity index is 514. The zero-order chi connectivity index (χ0) is 12.8. The third-order valence-electron chi connectivity index (χ3n) is 2.11. The van der Waals surface area contributed by atoms with Crippen LogP contribution in [0.1, 0.15) is 0 Å². The van der Waals surface area contributed by atoms with E-state index in [4.69, 9.17) is 9.84 Å². The molecule has 0 radical (unpaired) electrons. The molecule has 0 saturated carbocycles. The fraction of sp³-hybridized carbons (Fsp3) is 0.167. The molecule has 1 heterocycles. The lowest BCUT2D eigenvalue weighted by atomic mass is 10.2. The summed E-state index contributed by atoms with van der Waals surface area (Å²) in [6, 6.07) is 7.33. The fourth-order valence-electron chi connectivity index (χ4n) is 1.39. The molecule has 2 aromatic rings. The van der Waals surface area contributed by atoms with E-state index >= 15 is 0 Å². The third kappa shape index (κ3) is 3.28. The fourth-order valence-corrected chi connectivity index (χ4v) is 2.02. The quantitative estimate of drug-likeness (QED) is 0.889. The Kier molecular flexibility index (Phi) is 4.27. The van der Waals surface area contributed by atoms with Gasteiger partial charge in [0.25, 0.3) is 0 Å². The van der Waals surface area contributed by atoms with Gasteiger partial charge in [0.15, 0.2) is 0 Å². The summed E-state index contributed by atoms with van der Waals surface area (Å²) in [5.41, 5.74) is 1.57. The molecule has 0 unspecified atom stereocenters. The number of hydrogen-bond acceptors (Lipinski definition) is 5. The molecule has 0 spiro atoms. The number of rotatable bonds is 4. The monoisotopic (exact) mass is 264 g/mol. The summed E-state index contributed by atoms with van der Waals surface area (Å²) in [5.74, 6) is 0. The lowest BCUT2D eigenvalue weighted by molar-refractivity contribution is 0.131. The summed E-state index contributed by atoms with van der Waals surface area (Å²) in [6.45, 7) is -0.204. The zero-order valence-corrected chi connectivity index (χ0v) is 10.3. The number of ether oxygens (including phenoxy) is 1. The van der Waals surface area contributed by atoms with E-state index in [0.717, 1.165) is 10.6 Å². The standard InChI is InChI=1S/C12H12N2O3S/c15-5-6-17-12(16)14-10-3-1-2-9(8-10)11-13-4-7-18-11/h1-4,7-8,15H,5-6H2,(H,14,16). The van der Waals surface area contributed by atoms with Crippen LogP contribution in [-0.2, 0) is 4.74 Å². The molecule has 0 bridgehead atoms. The minimum absolute atomic E-state index is 0.0159. The Morgan fingerprint density at radius 3 is 3.11 bits per heavy atom. The number of aromatic nitrogens is 1. The van der Waals surface area contributed by atoms with Crippen LogP contribution >= 0.6 is 11.3 Å². The van der Waals surface area contributed by atoms with Crippen molar-refractivity contribution in [2.45, 2.75) is 0 Å². The smallest absolute Gasteiger partial charge is 0.411 e. The van der Waals surface area contributed by atoms with Gasteiger partial charge in [-0.3, -0.25) is 5.32 Å². The van der Waals surface area contributed by atoms with Crippen molar-refractivity contribution in [2.75, 3.05) is 18.5 Å². The maximum Gasteiger partial charge on any atom is 0.411 e. The topological polar surface area (TPSA) is 71.5 Å². The molecule has 94 valence electrons. The van der Waals surface area contributed by atoms with Crippen LogP contribution in [0.25, 0.3) is 10.6 Å². The van der Waals surface area contributed by atoms with Crippen LogP contribution in [-0.4, -0.2) is 29.4 Å². The van der Waals surface area contributed by atoms with Gasteiger partial charge in [-0.15, -0.1) is 11.3 Å². The molecule has 1 aromatic carbocycles. The van der Waals surface area contributed by atoms with Crippen LogP contribution in [0, 0.1) is 0 Å². The molecule has 1 aromatic heterocycles. The highest BCUT2D eigenvalue weighted by Crippen LogP contribution is 2.24. The first-order valence-electron chi connectivity index (χ1n) is 5.34. The number of hydrogen-bond donors (Lipinski definition) is 2. The molecule has 0 atom stereocenters. The van der Waals surface area contributed by atoms with Crippen molar-refractivity contribution in [2.24, 2.45) is 0 Å². The molecule has 6 heteroatoms. The number of nitrogens with zero attached hydrogens (tertiary/aromatic N) is 1. The number of carbonyl (C=O) groups is 1. The molecular weight excluding hydrogens is 252 g/mol. The van der Waals surface area contributed by atoms with Gasteiger partial charge in [0.2, 0.25) is 0 Å². The summed E-state index contributed by atoms with van der Waals surface area (Å²) in [5, 5.41) is 13.9. The lowest BCUT2D eigenvalue weighted by Gasteiger charge is -2.06. The summed E-state index contributed by atoms with van der Waals surface area (Å²) < 4.78 is 4.71. The van der Waals surface area contributed by atoms with Crippen molar-refractivity contribution >= 4 is 23.1 Å². The molecule has 5 nitrogen and oxygen atoms in total. The molecular formula is C12H12N2O3S. The number of benzene rings is 1. The van der Waals surface area contributed by atoms with Gasteiger partial charge in [0.1, 0.15) is 11.6 Å². The average Bonchev–Trinajstić information content (AvgIpc) is 2.90. The van der Waals surface area contributed by atoms with Gasteiger partial charge < -0.3 is 9.84 Å². The molecule has 0 aliphatic rings. The molecule has 0 aliphatic carbocycles. The summed E-state index contributed by atoms with van der Waals surface area (Å²) in [7, 11) is 0. The molecule has 0 saturated heterocycles. The number of nitrogens with one attached hydrogen (secondary N) is 1. The van der Waals surface area contributed by atoms with Crippen LogP contribution in [0.4, 0.5) is 10.5 Å². The van der Waals surface area contributed by atoms with Crippen molar-refractivity contribution in [1.82, 2.24) is 4.98 Å². The lowest BCUT2D eigenvalue weighted by Crippen LogP contribution is -2.15. The van der Waals surface area contributed by atoms with E-state index in [1.165, 1.54) is 11.3 Å². The Balaban J connectivity index is 2.06. The van der Waals surface area contributed by atoms with Crippen LogP contribution in [0.15, 0.2) is 35.8 Å². The summed E-state index contributed by atoms with van der Waals surface area (Å²) in [6.07, 6.45) is 1.15. The van der Waals surface area contributed by atoms with E-state index in [1.54, 1.807) is 12.3 Å². The van der Waals surface area contributed by atoms with Crippen molar-refractivity contribution in [1.29, 1.82) is 0 Å². The van der Waals surface area contributed by atoms with Crippen molar-refractivity contribution in [3.05, 3.63) is 35.8 Å². The molecule has 2 N–H and O–H groups in total.